The highest BCUT2D eigenvalue weighted by Gasteiger charge is 2.54. The third-order valence-corrected chi connectivity index (χ3v) is 12.6. The summed E-state index contributed by atoms with van der Waals surface area (Å²) >= 11 is 0. The van der Waals surface area contributed by atoms with Gasteiger partial charge >= 0.3 is 14.5 Å². The number of aliphatic hydroxyl groups excluding tert-OH is 1. The van der Waals surface area contributed by atoms with Gasteiger partial charge in [-0.1, -0.05) is 78.0 Å². The van der Waals surface area contributed by atoms with Crippen molar-refractivity contribution in [1.82, 2.24) is 0 Å². The second kappa shape index (κ2) is 14.1. The molecule has 3 rings (SSSR count). The lowest BCUT2D eigenvalue weighted by molar-refractivity contribution is -0.131. The molecule has 2 aromatic rings. The smallest absolute Gasteiger partial charge is 0.343 e. The molecule has 2 N–H and O–H groups in total. The topological polar surface area (TPSA) is 98.4 Å². The molecule has 0 aliphatic carbocycles. The Balaban J connectivity index is 1.74. The molecule has 1 aromatic carbocycles. The van der Waals surface area contributed by atoms with Gasteiger partial charge in [0.05, 0.1) is 18.8 Å². The average molecular weight is 573 g/mol. The lowest BCUT2D eigenvalue weighted by atomic mass is 9.81. The van der Waals surface area contributed by atoms with Crippen molar-refractivity contribution in [2.24, 2.45) is 0 Å². The number of hydrogen-bond donors (Lipinski definition) is 2. The highest BCUT2D eigenvalue weighted by atomic mass is 28.4. The molecule has 1 aliphatic heterocycles. The molecule has 0 radical (unpaired) electrons. The summed E-state index contributed by atoms with van der Waals surface area (Å²) in [6, 6.07) is 13.9. The van der Waals surface area contributed by atoms with E-state index >= 15 is 0 Å². The minimum Gasteiger partial charge on any atom is -0.478 e. The Hall–Kier alpha value is -2.23. The quantitative estimate of drug-likeness (QED) is 0.179. The van der Waals surface area contributed by atoms with Crippen molar-refractivity contribution in [1.29, 1.82) is 0 Å². The third-order valence-electron chi connectivity index (χ3n) is 8.05. The molecule has 0 spiro atoms. The maximum absolute atomic E-state index is 10.8. The Bertz CT molecular complexity index is 1080. The normalized spacial score (nSPS) is 21.2. The molecule has 2 heterocycles. The molecular weight excluding hydrogens is 524 g/mol. The van der Waals surface area contributed by atoms with E-state index < -0.39 is 26.0 Å². The van der Waals surface area contributed by atoms with Crippen LogP contribution in [0.1, 0.15) is 97.3 Å². The largest absolute Gasteiger partial charge is 0.478 e. The fraction of sp³-hybridized carbons (Fsp3) is 0.594. The Morgan fingerprint density at radius 2 is 1.75 bits per heavy atom. The molecule has 8 heteroatoms. The number of carboxylic acids is 1. The summed E-state index contributed by atoms with van der Waals surface area (Å²) in [5, 5.41) is 19.4. The maximum Gasteiger partial charge on any atom is 0.343 e. The molecule has 0 saturated carbocycles. The van der Waals surface area contributed by atoms with Crippen LogP contribution in [-0.4, -0.2) is 43.1 Å². The highest BCUT2D eigenvalue weighted by Crippen LogP contribution is 2.46. The molecule has 40 heavy (non-hydrogen) atoms. The van der Waals surface area contributed by atoms with E-state index in [1.807, 2.05) is 24.3 Å². The molecule has 7 nitrogen and oxygen atoms in total. The van der Waals surface area contributed by atoms with E-state index in [1.165, 1.54) is 11.6 Å². The molecule has 0 unspecified atom stereocenters. The molecule has 1 aromatic heterocycles. The first-order valence-electron chi connectivity index (χ1n) is 14.5. The van der Waals surface area contributed by atoms with Gasteiger partial charge in [-0.3, -0.25) is 0 Å². The summed E-state index contributed by atoms with van der Waals surface area (Å²) < 4.78 is 26.2. The molecule has 4 atom stereocenters. The summed E-state index contributed by atoms with van der Waals surface area (Å²) in [5.41, 5.74) is 1.25. The summed E-state index contributed by atoms with van der Waals surface area (Å²) in [4.78, 5) is 10.8. The summed E-state index contributed by atoms with van der Waals surface area (Å²) in [7, 11) is -2.59. The lowest BCUT2D eigenvalue weighted by Gasteiger charge is -2.51. The fourth-order valence-corrected chi connectivity index (χ4v) is 9.49. The van der Waals surface area contributed by atoms with Gasteiger partial charge in [0.25, 0.3) is 0 Å². The van der Waals surface area contributed by atoms with Crippen LogP contribution in [-0.2, 0) is 30.4 Å². The summed E-state index contributed by atoms with van der Waals surface area (Å²) in [6.45, 7) is 15.8. The van der Waals surface area contributed by atoms with E-state index in [1.54, 1.807) is 6.07 Å². The van der Waals surface area contributed by atoms with Crippen LogP contribution in [0.5, 0.6) is 0 Å². The van der Waals surface area contributed by atoms with Gasteiger partial charge in [0.2, 0.25) is 0 Å². The minimum atomic E-state index is -2.59. The van der Waals surface area contributed by atoms with Gasteiger partial charge in [-0.2, -0.15) is 0 Å². The SMILES string of the molecule is CC(C)[Si]1(C(C)C)O[C@H](CC[C@H](C)OCc2ccccc2)C[C@@H](C(C)(C)c2ccc([C@@H](O)C/C=C/C(=O)O)o2)O1. The van der Waals surface area contributed by atoms with E-state index in [4.69, 9.17) is 23.1 Å². The van der Waals surface area contributed by atoms with Crippen LogP contribution in [0.2, 0.25) is 11.1 Å². The van der Waals surface area contributed by atoms with Crippen molar-refractivity contribution in [3.05, 3.63) is 71.7 Å². The van der Waals surface area contributed by atoms with Gasteiger partial charge in [0.1, 0.15) is 17.6 Å². The van der Waals surface area contributed by atoms with E-state index in [0.717, 1.165) is 31.1 Å². The van der Waals surface area contributed by atoms with Gasteiger partial charge in [-0.05, 0) is 61.4 Å². The van der Waals surface area contributed by atoms with Crippen molar-refractivity contribution in [2.45, 2.75) is 122 Å². The van der Waals surface area contributed by atoms with Crippen LogP contribution in [0.4, 0.5) is 0 Å². The molecule has 1 fully saturated rings. The van der Waals surface area contributed by atoms with Crippen LogP contribution < -0.4 is 0 Å². The van der Waals surface area contributed by atoms with Crippen LogP contribution in [0.3, 0.4) is 0 Å². The zero-order valence-electron chi connectivity index (χ0n) is 25.1. The number of hydrogen-bond acceptors (Lipinski definition) is 6. The number of carbonyl (C=O) groups is 1. The second-order valence-electron chi connectivity index (χ2n) is 12.2. The molecular formula is C32H48O7Si. The first-order chi connectivity index (χ1) is 18.8. The zero-order valence-corrected chi connectivity index (χ0v) is 26.1. The van der Waals surface area contributed by atoms with Crippen molar-refractivity contribution in [2.75, 3.05) is 0 Å². The van der Waals surface area contributed by atoms with Crippen LogP contribution in [0, 0.1) is 0 Å². The molecule has 1 saturated heterocycles. The lowest BCUT2D eigenvalue weighted by Crippen LogP contribution is -2.60. The highest BCUT2D eigenvalue weighted by molar-refractivity contribution is 6.70. The molecule has 0 amide bonds. The van der Waals surface area contributed by atoms with Crippen LogP contribution in [0.15, 0.2) is 59.0 Å². The maximum atomic E-state index is 10.8. The Morgan fingerprint density at radius 3 is 2.38 bits per heavy atom. The number of rotatable bonds is 14. The Kier molecular flexibility index (Phi) is 11.4. The summed E-state index contributed by atoms with van der Waals surface area (Å²) in [5.74, 6) is 0.117. The van der Waals surface area contributed by atoms with Gasteiger partial charge in [0, 0.05) is 17.6 Å². The number of ether oxygens (including phenoxy) is 1. The fourth-order valence-electron chi connectivity index (χ4n) is 5.44. The van der Waals surface area contributed by atoms with Crippen LogP contribution >= 0.6 is 0 Å². The van der Waals surface area contributed by atoms with Crippen molar-refractivity contribution >= 4 is 14.5 Å². The number of aliphatic carboxylic acids is 1. The van der Waals surface area contributed by atoms with Crippen molar-refractivity contribution < 1.29 is 33.0 Å². The van der Waals surface area contributed by atoms with Gasteiger partial charge in [-0.15, -0.1) is 0 Å². The monoisotopic (exact) mass is 572 g/mol. The first kappa shape index (κ1) is 32.3. The summed E-state index contributed by atoms with van der Waals surface area (Å²) in [6.07, 6.45) is 4.28. The zero-order chi connectivity index (χ0) is 29.5. The predicted molar refractivity (Wildman–Crippen MR) is 158 cm³/mol. The Morgan fingerprint density at radius 1 is 1.07 bits per heavy atom. The minimum absolute atomic E-state index is 0.0541. The second-order valence-corrected chi connectivity index (χ2v) is 16.4. The number of furan rings is 1. The number of carboxylic acid groups (broad SMARTS) is 1. The van der Waals surface area contributed by atoms with Crippen molar-refractivity contribution in [3.63, 3.8) is 0 Å². The van der Waals surface area contributed by atoms with E-state index in [9.17, 15) is 9.90 Å². The van der Waals surface area contributed by atoms with E-state index in [-0.39, 0.29) is 35.8 Å². The van der Waals surface area contributed by atoms with Gasteiger partial charge in [0.15, 0.2) is 0 Å². The van der Waals surface area contributed by atoms with Gasteiger partial charge in [-0.25, -0.2) is 4.79 Å². The predicted octanol–water partition coefficient (Wildman–Crippen LogP) is 7.44. The third kappa shape index (κ3) is 8.16. The molecule has 0 bridgehead atoms. The van der Waals surface area contributed by atoms with Crippen LogP contribution in [0.25, 0.3) is 0 Å². The first-order valence-corrected chi connectivity index (χ1v) is 16.5. The number of aliphatic hydroxyl groups is 1. The molecule has 1 aliphatic rings. The number of benzene rings is 1. The van der Waals surface area contributed by atoms with Gasteiger partial charge < -0.3 is 28.2 Å². The van der Waals surface area contributed by atoms with E-state index in [0.29, 0.717) is 12.4 Å². The van der Waals surface area contributed by atoms with E-state index in [2.05, 4.69) is 60.6 Å². The van der Waals surface area contributed by atoms with Crippen molar-refractivity contribution in [3.8, 4) is 0 Å². The molecule has 222 valence electrons. The standard InChI is InChI=1S/C32H48O7Si/c1-22(2)40(23(3)4)38-26(17-16-24(5)36-21-25-12-9-8-10-13-25)20-30(39-40)32(6,7)29-19-18-28(37-29)27(33)14-11-15-31(34)35/h8-13,15,18-19,22-24,26-27,30,33H,14,16-17,20-21H2,1-7H3,(H,34,35)/b15-11+/t24-,26+,27-,30-/m0/s1. The Labute approximate surface area is 240 Å². The average Bonchev–Trinajstić information content (AvgIpc) is 3.42.